The molecule has 0 unspecified atom stereocenters. The summed E-state index contributed by atoms with van der Waals surface area (Å²) in [6, 6.07) is 25.4. The van der Waals surface area contributed by atoms with Crippen LogP contribution in [0.25, 0.3) is 10.8 Å². The van der Waals surface area contributed by atoms with Crippen LogP contribution in [-0.4, -0.2) is 18.1 Å². The molecular weight excluding hydrogens is 395 g/mol. The first kappa shape index (κ1) is 20.0. The molecule has 0 aliphatic carbocycles. The van der Waals surface area contributed by atoms with E-state index in [0.717, 1.165) is 10.8 Å². The van der Waals surface area contributed by atoms with Gasteiger partial charge in [0.15, 0.2) is 0 Å². The minimum Gasteiger partial charge on any atom is -0.423 e. The van der Waals surface area contributed by atoms with Crippen molar-refractivity contribution in [1.82, 2.24) is 5.43 Å². The number of nitrogens with zero attached hydrogens (tertiary/aromatic N) is 1. The van der Waals surface area contributed by atoms with Gasteiger partial charge in [-0.05, 0) is 58.8 Å². The van der Waals surface area contributed by atoms with Crippen LogP contribution in [0.3, 0.4) is 0 Å². The average molecular weight is 412 g/mol. The number of ether oxygens (including phenoxy) is 1. The standard InChI is InChI=1S/C25H17FN2O3/c26-23-11-4-3-9-22(23)24(29)28-27-16-17-12-14-19(15-13-17)31-25(30)21-10-5-7-18-6-1-2-8-20(18)21/h1-16H,(H,28,29)/b27-16+. The molecule has 152 valence electrons. The van der Waals surface area contributed by atoms with E-state index in [0.29, 0.717) is 16.9 Å². The second-order valence-electron chi connectivity index (χ2n) is 6.66. The molecule has 1 amide bonds. The summed E-state index contributed by atoms with van der Waals surface area (Å²) in [5.41, 5.74) is 3.34. The van der Waals surface area contributed by atoms with Crippen LogP contribution in [0.5, 0.6) is 5.75 Å². The first-order valence-electron chi connectivity index (χ1n) is 9.50. The fourth-order valence-corrected chi connectivity index (χ4v) is 3.06. The minimum absolute atomic E-state index is 0.0876. The van der Waals surface area contributed by atoms with Gasteiger partial charge in [-0.2, -0.15) is 5.10 Å². The molecule has 0 saturated heterocycles. The topological polar surface area (TPSA) is 67.8 Å². The van der Waals surface area contributed by atoms with Gasteiger partial charge in [0.2, 0.25) is 0 Å². The van der Waals surface area contributed by atoms with Crippen molar-refractivity contribution in [2.45, 2.75) is 0 Å². The number of benzene rings is 4. The number of esters is 1. The summed E-state index contributed by atoms with van der Waals surface area (Å²) in [5, 5.41) is 5.62. The lowest BCUT2D eigenvalue weighted by atomic mass is 10.0. The number of hydrazone groups is 1. The zero-order valence-corrected chi connectivity index (χ0v) is 16.3. The predicted molar refractivity (Wildman–Crippen MR) is 117 cm³/mol. The molecule has 0 spiro atoms. The van der Waals surface area contributed by atoms with Gasteiger partial charge in [0, 0.05) is 0 Å². The van der Waals surface area contributed by atoms with Crippen molar-refractivity contribution in [2.24, 2.45) is 5.10 Å². The third kappa shape index (κ3) is 4.64. The Bertz CT molecular complexity index is 1280. The Morgan fingerprint density at radius 3 is 2.29 bits per heavy atom. The molecule has 0 saturated carbocycles. The van der Waals surface area contributed by atoms with Gasteiger partial charge in [0.05, 0.1) is 17.3 Å². The number of halogens is 1. The van der Waals surface area contributed by atoms with E-state index in [-0.39, 0.29) is 5.56 Å². The predicted octanol–water partition coefficient (Wildman–Crippen LogP) is 4.96. The van der Waals surface area contributed by atoms with E-state index in [2.05, 4.69) is 10.5 Å². The lowest BCUT2D eigenvalue weighted by Crippen LogP contribution is -2.18. The third-order valence-electron chi connectivity index (χ3n) is 4.60. The molecule has 4 rings (SSSR count). The second kappa shape index (κ2) is 9.00. The van der Waals surface area contributed by atoms with E-state index < -0.39 is 17.7 Å². The molecule has 4 aromatic carbocycles. The highest BCUT2D eigenvalue weighted by Crippen LogP contribution is 2.21. The molecule has 0 aliphatic rings. The fourth-order valence-electron chi connectivity index (χ4n) is 3.06. The molecule has 0 aromatic heterocycles. The SMILES string of the molecule is O=C(N/N=C/c1ccc(OC(=O)c2cccc3ccccc23)cc1)c1ccccc1F. The van der Waals surface area contributed by atoms with Crippen molar-refractivity contribution in [1.29, 1.82) is 0 Å². The number of amides is 1. The molecular formula is C25H17FN2O3. The Hall–Kier alpha value is -4.32. The van der Waals surface area contributed by atoms with Crippen LogP contribution in [-0.2, 0) is 0 Å². The van der Waals surface area contributed by atoms with Crippen LogP contribution in [0.1, 0.15) is 26.3 Å². The first-order chi connectivity index (χ1) is 15.1. The van der Waals surface area contributed by atoms with Gasteiger partial charge in [-0.25, -0.2) is 14.6 Å². The van der Waals surface area contributed by atoms with Crippen LogP contribution < -0.4 is 10.2 Å². The smallest absolute Gasteiger partial charge is 0.344 e. The normalized spacial score (nSPS) is 10.9. The van der Waals surface area contributed by atoms with Gasteiger partial charge >= 0.3 is 5.97 Å². The highest BCUT2D eigenvalue weighted by Gasteiger charge is 2.12. The van der Waals surface area contributed by atoms with Gasteiger partial charge in [-0.3, -0.25) is 4.79 Å². The number of fused-ring (bicyclic) bond motifs is 1. The van der Waals surface area contributed by atoms with E-state index in [1.165, 1.54) is 24.4 Å². The number of carbonyl (C=O) groups excluding carboxylic acids is 2. The molecule has 1 N–H and O–H groups in total. The van der Waals surface area contributed by atoms with Crippen LogP contribution in [0.4, 0.5) is 4.39 Å². The van der Waals surface area contributed by atoms with E-state index in [4.69, 9.17) is 4.74 Å². The molecule has 0 bridgehead atoms. The summed E-state index contributed by atoms with van der Waals surface area (Å²) in [6.45, 7) is 0. The van der Waals surface area contributed by atoms with E-state index in [1.54, 1.807) is 36.4 Å². The molecule has 0 fully saturated rings. The van der Waals surface area contributed by atoms with Crippen LogP contribution in [0.15, 0.2) is 96.1 Å². The highest BCUT2D eigenvalue weighted by atomic mass is 19.1. The van der Waals surface area contributed by atoms with E-state index >= 15 is 0 Å². The Kier molecular flexibility index (Phi) is 5.80. The number of rotatable bonds is 5. The molecule has 0 aliphatic heterocycles. The van der Waals surface area contributed by atoms with Crippen LogP contribution in [0.2, 0.25) is 0 Å². The summed E-state index contributed by atoms with van der Waals surface area (Å²) in [6.07, 6.45) is 1.41. The number of hydrogen-bond acceptors (Lipinski definition) is 4. The zero-order chi connectivity index (χ0) is 21.6. The number of hydrogen-bond donors (Lipinski definition) is 1. The van der Waals surface area contributed by atoms with Crippen LogP contribution in [0, 0.1) is 5.82 Å². The third-order valence-corrected chi connectivity index (χ3v) is 4.60. The largest absolute Gasteiger partial charge is 0.423 e. The van der Waals surface area contributed by atoms with E-state index in [1.807, 2.05) is 36.4 Å². The van der Waals surface area contributed by atoms with Crippen molar-refractivity contribution < 1.29 is 18.7 Å². The van der Waals surface area contributed by atoms with Gasteiger partial charge < -0.3 is 4.74 Å². The zero-order valence-electron chi connectivity index (χ0n) is 16.3. The Morgan fingerprint density at radius 1 is 0.806 bits per heavy atom. The molecule has 5 nitrogen and oxygen atoms in total. The average Bonchev–Trinajstić information content (AvgIpc) is 2.80. The van der Waals surface area contributed by atoms with Crippen molar-refractivity contribution >= 4 is 28.9 Å². The molecule has 6 heteroatoms. The van der Waals surface area contributed by atoms with Crippen molar-refractivity contribution in [3.8, 4) is 5.75 Å². The molecule has 0 atom stereocenters. The highest BCUT2D eigenvalue weighted by molar-refractivity contribution is 6.05. The van der Waals surface area contributed by atoms with Crippen molar-refractivity contribution in [3.05, 3.63) is 114 Å². The van der Waals surface area contributed by atoms with Gasteiger partial charge in [-0.1, -0.05) is 48.5 Å². The molecule has 0 radical (unpaired) electrons. The summed E-state index contributed by atoms with van der Waals surface area (Å²) in [5.74, 6) is -1.33. The van der Waals surface area contributed by atoms with Crippen molar-refractivity contribution in [3.63, 3.8) is 0 Å². The number of carbonyl (C=O) groups is 2. The lowest BCUT2D eigenvalue weighted by molar-refractivity contribution is 0.0736. The summed E-state index contributed by atoms with van der Waals surface area (Å²) < 4.78 is 19.1. The quantitative estimate of drug-likeness (QED) is 0.218. The molecule has 0 heterocycles. The fraction of sp³-hybridized carbons (Fsp3) is 0. The first-order valence-corrected chi connectivity index (χ1v) is 9.50. The lowest BCUT2D eigenvalue weighted by Gasteiger charge is -2.07. The summed E-state index contributed by atoms with van der Waals surface area (Å²) in [7, 11) is 0. The van der Waals surface area contributed by atoms with Crippen molar-refractivity contribution in [2.75, 3.05) is 0 Å². The maximum atomic E-state index is 13.6. The van der Waals surface area contributed by atoms with Gasteiger partial charge in [-0.15, -0.1) is 0 Å². The van der Waals surface area contributed by atoms with Gasteiger partial charge in [0.1, 0.15) is 11.6 Å². The number of nitrogens with one attached hydrogen (secondary N) is 1. The van der Waals surface area contributed by atoms with E-state index in [9.17, 15) is 14.0 Å². The Labute approximate surface area is 177 Å². The summed E-state index contributed by atoms with van der Waals surface area (Å²) >= 11 is 0. The van der Waals surface area contributed by atoms with Gasteiger partial charge in [0.25, 0.3) is 5.91 Å². The Morgan fingerprint density at radius 2 is 1.48 bits per heavy atom. The minimum atomic E-state index is -0.644. The monoisotopic (exact) mass is 412 g/mol. The van der Waals surface area contributed by atoms with Crippen LogP contribution >= 0.6 is 0 Å². The summed E-state index contributed by atoms with van der Waals surface area (Å²) in [4.78, 5) is 24.5. The molecule has 4 aromatic rings. The molecule has 31 heavy (non-hydrogen) atoms. The Balaban J connectivity index is 1.40. The maximum Gasteiger partial charge on any atom is 0.344 e. The second-order valence-corrected chi connectivity index (χ2v) is 6.66. The maximum absolute atomic E-state index is 13.6.